The van der Waals surface area contributed by atoms with Gasteiger partial charge in [0.2, 0.25) is 5.91 Å². The third-order valence-electron chi connectivity index (χ3n) is 3.66. The number of benzene rings is 1. The molecule has 8 nitrogen and oxygen atoms in total. The summed E-state index contributed by atoms with van der Waals surface area (Å²) in [5, 5.41) is 2.79. The number of anilines is 1. The molecule has 0 bridgehead atoms. The first-order chi connectivity index (χ1) is 11.9. The number of carbonyl (C=O) groups excluding carboxylic acids is 2. The van der Waals surface area contributed by atoms with Crippen LogP contribution in [0.4, 0.5) is 5.69 Å². The van der Waals surface area contributed by atoms with Crippen molar-refractivity contribution < 1.29 is 9.59 Å². The fraction of sp³-hybridized carbons (Fsp3) is 0.188. The minimum absolute atomic E-state index is 0.0379. The first-order valence-electron chi connectivity index (χ1n) is 7.38. The maximum absolute atomic E-state index is 12.4. The highest BCUT2D eigenvalue weighted by atomic mass is 32.1. The Bertz CT molecular complexity index is 1050. The van der Waals surface area contributed by atoms with Gasteiger partial charge in [-0.3, -0.25) is 19.0 Å². The predicted molar refractivity (Wildman–Crippen MR) is 94.7 cm³/mol. The molecule has 3 rings (SSSR count). The van der Waals surface area contributed by atoms with Gasteiger partial charge in [0.15, 0.2) is 5.69 Å². The maximum atomic E-state index is 12.4. The topological polar surface area (TPSA) is 120 Å². The van der Waals surface area contributed by atoms with Gasteiger partial charge in [0.1, 0.15) is 16.8 Å². The van der Waals surface area contributed by atoms with Gasteiger partial charge in [-0.15, -0.1) is 0 Å². The van der Waals surface area contributed by atoms with E-state index in [1.165, 1.54) is 10.9 Å². The Kier molecular flexibility index (Phi) is 4.32. The van der Waals surface area contributed by atoms with Gasteiger partial charge in [0, 0.05) is 5.69 Å². The zero-order valence-corrected chi connectivity index (χ0v) is 14.4. The summed E-state index contributed by atoms with van der Waals surface area (Å²) in [6.45, 7) is 3.62. The van der Waals surface area contributed by atoms with Crippen molar-refractivity contribution in [2.24, 2.45) is 5.73 Å². The second-order valence-corrected chi connectivity index (χ2v) is 6.39. The van der Waals surface area contributed by atoms with Gasteiger partial charge in [-0.05, 0) is 42.6 Å². The molecule has 1 aromatic carbocycles. The van der Waals surface area contributed by atoms with Crippen LogP contribution in [-0.2, 0) is 11.3 Å². The molecule has 0 aliphatic rings. The molecule has 0 saturated heterocycles. The van der Waals surface area contributed by atoms with E-state index in [9.17, 15) is 14.4 Å². The van der Waals surface area contributed by atoms with E-state index in [4.69, 9.17) is 5.73 Å². The standard InChI is InChI=1S/C16H15N5O3S/c1-8-3-4-9(2)10(5-8)19-11(22)6-21-7-18-12-13(15(17)23)20-25-14(12)16(21)24/h3-5,7H,6H2,1-2H3,(H2,17,23)(H,19,22). The van der Waals surface area contributed by atoms with E-state index in [1.54, 1.807) is 0 Å². The summed E-state index contributed by atoms with van der Waals surface area (Å²) in [5.74, 6) is -1.10. The summed E-state index contributed by atoms with van der Waals surface area (Å²) in [4.78, 5) is 40.0. The molecule has 0 aliphatic heterocycles. The maximum Gasteiger partial charge on any atom is 0.273 e. The Morgan fingerprint density at radius 1 is 1.32 bits per heavy atom. The fourth-order valence-corrected chi connectivity index (χ4v) is 3.14. The summed E-state index contributed by atoms with van der Waals surface area (Å²) in [6.07, 6.45) is 1.22. The van der Waals surface area contributed by atoms with Crippen molar-refractivity contribution in [1.29, 1.82) is 0 Å². The van der Waals surface area contributed by atoms with Crippen LogP contribution in [-0.4, -0.2) is 25.7 Å². The van der Waals surface area contributed by atoms with Crippen molar-refractivity contribution in [2.45, 2.75) is 20.4 Å². The van der Waals surface area contributed by atoms with Crippen molar-refractivity contribution in [1.82, 2.24) is 13.9 Å². The average Bonchev–Trinajstić information content (AvgIpc) is 2.98. The van der Waals surface area contributed by atoms with E-state index in [-0.39, 0.29) is 28.4 Å². The van der Waals surface area contributed by atoms with E-state index in [0.29, 0.717) is 5.69 Å². The number of hydrogen-bond acceptors (Lipinski definition) is 6. The summed E-state index contributed by atoms with van der Waals surface area (Å²) < 4.78 is 5.22. The summed E-state index contributed by atoms with van der Waals surface area (Å²) in [5.41, 5.74) is 7.52. The molecule has 2 amide bonds. The van der Waals surface area contributed by atoms with E-state index < -0.39 is 11.5 Å². The second kappa shape index (κ2) is 6.44. The van der Waals surface area contributed by atoms with Crippen LogP contribution in [0.2, 0.25) is 0 Å². The SMILES string of the molecule is Cc1ccc(C)c(NC(=O)Cn2cnc3c(C(N)=O)nsc3c2=O)c1. The highest BCUT2D eigenvalue weighted by Crippen LogP contribution is 2.17. The second-order valence-electron chi connectivity index (χ2n) is 5.62. The molecule has 25 heavy (non-hydrogen) atoms. The van der Waals surface area contributed by atoms with E-state index in [0.717, 1.165) is 22.7 Å². The minimum Gasteiger partial charge on any atom is -0.364 e. The van der Waals surface area contributed by atoms with Gasteiger partial charge >= 0.3 is 0 Å². The molecule has 2 heterocycles. The molecule has 2 aromatic heterocycles. The van der Waals surface area contributed by atoms with Crippen molar-refractivity contribution in [3.63, 3.8) is 0 Å². The number of aromatic nitrogens is 3. The van der Waals surface area contributed by atoms with Gasteiger partial charge in [0.05, 0.1) is 6.33 Å². The molecular formula is C16H15N5O3S. The molecule has 3 N–H and O–H groups in total. The van der Waals surface area contributed by atoms with Crippen LogP contribution in [0.5, 0.6) is 0 Å². The quantitative estimate of drug-likeness (QED) is 0.727. The third-order valence-corrected chi connectivity index (χ3v) is 4.49. The van der Waals surface area contributed by atoms with Gasteiger partial charge in [-0.25, -0.2) is 4.98 Å². The molecule has 0 spiro atoms. The minimum atomic E-state index is -0.747. The lowest BCUT2D eigenvalue weighted by atomic mass is 10.1. The molecule has 0 atom stereocenters. The number of hydrogen-bond donors (Lipinski definition) is 2. The van der Waals surface area contributed by atoms with Crippen molar-refractivity contribution >= 4 is 39.3 Å². The number of amides is 2. The summed E-state index contributed by atoms with van der Waals surface area (Å²) in [7, 11) is 0. The number of fused-ring (bicyclic) bond motifs is 1. The van der Waals surface area contributed by atoms with Gasteiger partial charge in [-0.1, -0.05) is 12.1 Å². The monoisotopic (exact) mass is 357 g/mol. The Hall–Kier alpha value is -3.07. The zero-order valence-electron chi connectivity index (χ0n) is 13.6. The Balaban J connectivity index is 1.86. The fourth-order valence-electron chi connectivity index (χ4n) is 2.34. The lowest BCUT2D eigenvalue weighted by Crippen LogP contribution is -2.28. The molecule has 0 unspecified atom stereocenters. The molecule has 0 fully saturated rings. The van der Waals surface area contributed by atoms with Crippen LogP contribution in [0.15, 0.2) is 29.3 Å². The predicted octanol–water partition coefficient (Wildman–Crippen LogP) is 1.21. The highest BCUT2D eigenvalue weighted by Gasteiger charge is 2.17. The lowest BCUT2D eigenvalue weighted by Gasteiger charge is -2.10. The molecule has 0 radical (unpaired) electrons. The molecular weight excluding hydrogens is 342 g/mol. The number of nitrogens with zero attached hydrogens (tertiary/aromatic N) is 3. The van der Waals surface area contributed by atoms with Crippen molar-refractivity contribution in [3.05, 3.63) is 51.7 Å². The third kappa shape index (κ3) is 3.26. The first kappa shape index (κ1) is 16.8. The van der Waals surface area contributed by atoms with Crippen LogP contribution in [0.3, 0.4) is 0 Å². The Labute approximate surface area is 146 Å². The van der Waals surface area contributed by atoms with Crippen LogP contribution in [0.25, 0.3) is 10.2 Å². The van der Waals surface area contributed by atoms with Crippen molar-refractivity contribution in [2.75, 3.05) is 5.32 Å². The normalized spacial score (nSPS) is 10.8. The van der Waals surface area contributed by atoms with Crippen LogP contribution >= 0.6 is 11.5 Å². The van der Waals surface area contributed by atoms with Gasteiger partial charge in [0.25, 0.3) is 11.5 Å². The largest absolute Gasteiger partial charge is 0.364 e. The molecule has 3 aromatic rings. The van der Waals surface area contributed by atoms with Crippen LogP contribution < -0.4 is 16.6 Å². The molecule has 0 saturated carbocycles. The molecule has 9 heteroatoms. The van der Waals surface area contributed by atoms with Gasteiger partial charge in [-0.2, -0.15) is 4.37 Å². The van der Waals surface area contributed by atoms with Crippen LogP contribution in [0, 0.1) is 13.8 Å². The number of nitrogens with two attached hydrogens (primary N) is 1. The Morgan fingerprint density at radius 3 is 2.80 bits per heavy atom. The lowest BCUT2D eigenvalue weighted by molar-refractivity contribution is -0.116. The van der Waals surface area contributed by atoms with Gasteiger partial charge < -0.3 is 11.1 Å². The first-order valence-corrected chi connectivity index (χ1v) is 8.16. The van der Waals surface area contributed by atoms with E-state index >= 15 is 0 Å². The van der Waals surface area contributed by atoms with Crippen LogP contribution in [0.1, 0.15) is 21.6 Å². The Morgan fingerprint density at radius 2 is 2.08 bits per heavy atom. The molecule has 0 aliphatic carbocycles. The zero-order chi connectivity index (χ0) is 18.1. The van der Waals surface area contributed by atoms with E-state index in [2.05, 4.69) is 14.7 Å². The number of aryl methyl sites for hydroxylation is 2. The van der Waals surface area contributed by atoms with Crippen molar-refractivity contribution in [3.8, 4) is 0 Å². The summed E-state index contributed by atoms with van der Waals surface area (Å²) in [6, 6.07) is 5.72. The molecule has 128 valence electrons. The number of primary amides is 1. The number of rotatable bonds is 4. The number of carbonyl (C=O) groups is 2. The van der Waals surface area contributed by atoms with E-state index in [1.807, 2.05) is 32.0 Å². The number of nitrogens with one attached hydrogen (secondary N) is 1. The highest BCUT2D eigenvalue weighted by molar-refractivity contribution is 7.13. The summed E-state index contributed by atoms with van der Waals surface area (Å²) >= 11 is 0.840. The average molecular weight is 357 g/mol. The smallest absolute Gasteiger partial charge is 0.273 e.